The number of nitrogens with zero attached hydrogens (tertiary/aromatic N) is 1. The molecule has 16 heavy (non-hydrogen) atoms. The maximum Gasteiger partial charge on any atom is 0.0953 e. The van der Waals surface area contributed by atoms with Crippen LogP contribution in [0.25, 0.3) is 0 Å². The van der Waals surface area contributed by atoms with Gasteiger partial charge in [-0.3, -0.25) is 0 Å². The highest BCUT2D eigenvalue weighted by atomic mass is 16.3. The number of benzene rings is 1. The first-order valence-corrected chi connectivity index (χ1v) is 5.99. The Kier molecular flexibility index (Phi) is 2.22. The Bertz CT molecular complexity index is 448. The van der Waals surface area contributed by atoms with E-state index in [1.807, 2.05) is 18.2 Å². The van der Waals surface area contributed by atoms with Crippen LogP contribution < -0.4 is 0 Å². The second-order valence-electron chi connectivity index (χ2n) is 4.93. The molecule has 2 heteroatoms. The molecule has 0 radical (unpaired) electrons. The summed E-state index contributed by atoms with van der Waals surface area (Å²) in [6.45, 7) is 0. The summed E-state index contributed by atoms with van der Waals surface area (Å²) in [6, 6.07) is 10.4. The molecule has 0 saturated heterocycles. The molecule has 82 valence electrons. The third-order valence-electron chi connectivity index (χ3n) is 4.23. The second-order valence-corrected chi connectivity index (χ2v) is 4.93. The number of aliphatic hydroxyl groups is 1. The van der Waals surface area contributed by atoms with Crippen molar-refractivity contribution >= 4 is 0 Å². The second kappa shape index (κ2) is 3.61. The lowest BCUT2D eigenvalue weighted by Crippen LogP contribution is -2.29. The number of hydrogen-bond acceptors (Lipinski definition) is 2. The average Bonchev–Trinajstić information content (AvgIpc) is 2.79. The van der Waals surface area contributed by atoms with Crippen molar-refractivity contribution < 1.29 is 5.11 Å². The van der Waals surface area contributed by atoms with E-state index in [0.717, 1.165) is 12.0 Å². The lowest BCUT2D eigenvalue weighted by atomic mass is 9.69. The van der Waals surface area contributed by atoms with Gasteiger partial charge < -0.3 is 5.11 Å². The van der Waals surface area contributed by atoms with Crippen LogP contribution in [0.5, 0.6) is 0 Å². The van der Waals surface area contributed by atoms with Crippen molar-refractivity contribution in [1.82, 2.24) is 0 Å². The largest absolute Gasteiger partial charge is 0.387 e. The smallest absolute Gasteiger partial charge is 0.0953 e. The van der Waals surface area contributed by atoms with Gasteiger partial charge in [0.15, 0.2) is 0 Å². The van der Waals surface area contributed by atoms with E-state index in [4.69, 9.17) is 0 Å². The van der Waals surface area contributed by atoms with E-state index >= 15 is 0 Å². The highest BCUT2D eigenvalue weighted by Gasteiger charge is 2.44. The normalized spacial score (nSPS) is 36.2. The average molecular weight is 213 g/mol. The van der Waals surface area contributed by atoms with E-state index in [1.54, 1.807) is 0 Å². The van der Waals surface area contributed by atoms with Crippen LogP contribution in [0.15, 0.2) is 24.3 Å². The maximum absolute atomic E-state index is 10.2. The van der Waals surface area contributed by atoms with Crippen LogP contribution in [0.1, 0.15) is 42.4 Å². The zero-order valence-electron chi connectivity index (χ0n) is 9.13. The third kappa shape index (κ3) is 1.22. The SMILES string of the molecule is N#C[C@@H]1[C@H]2CCC[C@@H]2c2ccccc2[C@@H]1O. The Balaban J connectivity index is 2.13. The molecule has 4 atom stereocenters. The Hall–Kier alpha value is -1.33. The van der Waals surface area contributed by atoms with Crippen molar-refractivity contribution in [2.75, 3.05) is 0 Å². The van der Waals surface area contributed by atoms with Gasteiger partial charge in [-0.15, -0.1) is 0 Å². The van der Waals surface area contributed by atoms with Crippen LogP contribution in [0.3, 0.4) is 0 Å². The monoisotopic (exact) mass is 213 g/mol. The molecule has 0 heterocycles. The quantitative estimate of drug-likeness (QED) is 0.720. The van der Waals surface area contributed by atoms with Crippen LogP contribution in [0, 0.1) is 23.2 Å². The van der Waals surface area contributed by atoms with Crippen molar-refractivity contribution in [2.45, 2.75) is 31.3 Å². The molecule has 0 unspecified atom stereocenters. The Morgan fingerprint density at radius 3 is 2.69 bits per heavy atom. The van der Waals surface area contributed by atoms with Crippen molar-refractivity contribution in [3.05, 3.63) is 35.4 Å². The molecule has 0 aromatic heterocycles. The van der Waals surface area contributed by atoms with Gasteiger partial charge in [-0.25, -0.2) is 0 Å². The van der Waals surface area contributed by atoms with Gasteiger partial charge in [0.1, 0.15) is 0 Å². The summed E-state index contributed by atoms with van der Waals surface area (Å²) in [5.41, 5.74) is 2.27. The lowest BCUT2D eigenvalue weighted by molar-refractivity contribution is 0.0850. The van der Waals surface area contributed by atoms with Crippen LogP contribution >= 0.6 is 0 Å². The van der Waals surface area contributed by atoms with Crippen molar-refractivity contribution in [3.8, 4) is 6.07 Å². The predicted octanol–water partition coefficient (Wildman–Crippen LogP) is 2.76. The topological polar surface area (TPSA) is 44.0 Å². The van der Waals surface area contributed by atoms with E-state index < -0.39 is 6.10 Å². The van der Waals surface area contributed by atoms with Gasteiger partial charge in [0.2, 0.25) is 0 Å². The summed E-state index contributed by atoms with van der Waals surface area (Å²) in [4.78, 5) is 0. The molecule has 1 N–H and O–H groups in total. The fourth-order valence-corrected chi connectivity index (χ4v) is 3.52. The molecule has 1 fully saturated rings. The summed E-state index contributed by atoms with van der Waals surface area (Å²) in [7, 11) is 0. The zero-order valence-corrected chi connectivity index (χ0v) is 9.13. The van der Waals surface area contributed by atoms with Crippen LogP contribution in [-0.2, 0) is 0 Å². The maximum atomic E-state index is 10.2. The number of hydrogen-bond donors (Lipinski definition) is 1. The number of rotatable bonds is 0. The first-order chi connectivity index (χ1) is 7.83. The standard InChI is InChI=1S/C14H15NO/c15-8-13-11-7-3-6-9(11)10-4-1-2-5-12(10)14(13)16/h1-2,4-5,9,11,13-14,16H,3,6-7H2/t9-,11+,13-,14+/m1/s1. The summed E-state index contributed by atoms with van der Waals surface area (Å²) in [5.74, 6) is 0.668. The minimum Gasteiger partial charge on any atom is -0.387 e. The molecular formula is C14H15NO. The predicted molar refractivity (Wildman–Crippen MR) is 60.6 cm³/mol. The lowest BCUT2D eigenvalue weighted by Gasteiger charge is -2.35. The number of nitriles is 1. The molecule has 0 aliphatic heterocycles. The molecule has 0 bridgehead atoms. The molecule has 2 nitrogen and oxygen atoms in total. The Morgan fingerprint density at radius 2 is 1.94 bits per heavy atom. The van der Waals surface area contributed by atoms with Gasteiger partial charge in [-0.1, -0.05) is 30.7 Å². The highest BCUT2D eigenvalue weighted by molar-refractivity contribution is 5.38. The molecule has 0 amide bonds. The molecule has 2 aliphatic carbocycles. The third-order valence-corrected chi connectivity index (χ3v) is 4.23. The Morgan fingerprint density at radius 1 is 1.19 bits per heavy atom. The van der Waals surface area contributed by atoms with Crippen molar-refractivity contribution in [3.63, 3.8) is 0 Å². The molecule has 2 aliphatic rings. The molecule has 1 saturated carbocycles. The highest BCUT2D eigenvalue weighted by Crippen LogP contribution is 2.52. The van der Waals surface area contributed by atoms with E-state index in [9.17, 15) is 10.4 Å². The summed E-state index contributed by atoms with van der Waals surface area (Å²) >= 11 is 0. The van der Waals surface area contributed by atoms with Crippen LogP contribution in [0.2, 0.25) is 0 Å². The number of aliphatic hydroxyl groups excluding tert-OH is 1. The first-order valence-electron chi connectivity index (χ1n) is 5.99. The molecule has 1 aromatic carbocycles. The van der Waals surface area contributed by atoms with Crippen molar-refractivity contribution in [2.24, 2.45) is 11.8 Å². The van der Waals surface area contributed by atoms with E-state index in [1.165, 1.54) is 18.4 Å². The fraction of sp³-hybridized carbons (Fsp3) is 0.500. The molecule has 0 spiro atoms. The van der Waals surface area contributed by atoms with Crippen LogP contribution in [0.4, 0.5) is 0 Å². The summed E-state index contributed by atoms with van der Waals surface area (Å²) < 4.78 is 0. The van der Waals surface area contributed by atoms with Gasteiger partial charge >= 0.3 is 0 Å². The summed E-state index contributed by atoms with van der Waals surface area (Å²) in [5, 5.41) is 19.5. The minimum absolute atomic E-state index is 0.206. The van der Waals surface area contributed by atoms with E-state index in [0.29, 0.717) is 11.8 Å². The molecule has 1 aromatic rings. The number of fused-ring (bicyclic) bond motifs is 3. The molecular weight excluding hydrogens is 198 g/mol. The summed E-state index contributed by atoms with van der Waals surface area (Å²) in [6.07, 6.45) is 2.87. The first kappa shape index (κ1) is 9.86. The fourth-order valence-electron chi connectivity index (χ4n) is 3.52. The molecule has 3 rings (SSSR count). The van der Waals surface area contributed by atoms with Gasteiger partial charge in [-0.2, -0.15) is 5.26 Å². The van der Waals surface area contributed by atoms with E-state index in [2.05, 4.69) is 12.1 Å². The van der Waals surface area contributed by atoms with E-state index in [-0.39, 0.29) is 5.92 Å². The van der Waals surface area contributed by atoms with Crippen molar-refractivity contribution in [1.29, 1.82) is 5.26 Å². The van der Waals surface area contributed by atoms with Gasteiger partial charge in [0.05, 0.1) is 18.1 Å². The van der Waals surface area contributed by atoms with Crippen LogP contribution in [-0.4, -0.2) is 5.11 Å². The van der Waals surface area contributed by atoms with Gasteiger partial charge in [0.25, 0.3) is 0 Å². The zero-order chi connectivity index (χ0) is 11.1. The van der Waals surface area contributed by atoms with Gasteiger partial charge in [-0.05, 0) is 35.8 Å². The minimum atomic E-state index is -0.583. The Labute approximate surface area is 95.5 Å². The van der Waals surface area contributed by atoms with Gasteiger partial charge in [0, 0.05) is 0 Å².